The molecule has 1 heterocycles. The van der Waals surface area contributed by atoms with Crippen molar-refractivity contribution < 1.29 is 37.4 Å². The Morgan fingerprint density at radius 2 is 1.78 bits per heavy atom. The molecule has 0 fully saturated rings. The van der Waals surface area contributed by atoms with Gasteiger partial charge in [0.05, 0.1) is 42.7 Å². The van der Waals surface area contributed by atoms with Crippen molar-refractivity contribution in [2.75, 3.05) is 36.0 Å². The first-order valence-electron chi connectivity index (χ1n) is 15.5. The highest BCUT2D eigenvalue weighted by atomic mass is 32.2. The molecule has 260 valence electrons. The number of fused-ring (bicyclic) bond motifs is 2. The Labute approximate surface area is 285 Å². The van der Waals surface area contributed by atoms with Gasteiger partial charge in [-0.25, -0.2) is 13.2 Å². The summed E-state index contributed by atoms with van der Waals surface area (Å²) in [6.07, 6.45) is -0.339. The molecule has 49 heavy (non-hydrogen) atoms. The number of methoxy groups -OCH3 is 1. The minimum Gasteiger partial charge on any atom is -0.496 e. The number of ether oxygens (including phenoxy) is 1. The SMILES string of the molecule is COc1ccc2ccccc2c1CN1C(=O)[C@@H](NC(=O)[C@H](CC(C)(C)C)N(C)C(=O)O)[C@H](C)N(C(=O)CS(C)(=O)=O)c2cc(C#N)ccc21. The summed E-state index contributed by atoms with van der Waals surface area (Å²) >= 11 is 0. The van der Waals surface area contributed by atoms with Crippen LogP contribution in [0.2, 0.25) is 0 Å². The van der Waals surface area contributed by atoms with Gasteiger partial charge in [-0.3, -0.25) is 19.3 Å². The first-order valence-corrected chi connectivity index (χ1v) is 17.6. The van der Waals surface area contributed by atoms with Crippen LogP contribution in [-0.2, 0) is 30.8 Å². The number of nitrogens with one attached hydrogen (secondary N) is 1. The van der Waals surface area contributed by atoms with E-state index < -0.39 is 62.9 Å². The smallest absolute Gasteiger partial charge is 0.407 e. The molecule has 3 aromatic rings. The second-order valence-corrected chi connectivity index (χ2v) is 15.6. The lowest BCUT2D eigenvalue weighted by atomic mass is 9.87. The maximum absolute atomic E-state index is 14.8. The van der Waals surface area contributed by atoms with E-state index in [0.717, 1.165) is 26.8 Å². The van der Waals surface area contributed by atoms with Gasteiger partial charge in [-0.2, -0.15) is 5.26 Å². The fourth-order valence-corrected chi connectivity index (χ4v) is 6.66. The fourth-order valence-electron chi connectivity index (χ4n) is 6.07. The molecular formula is C35H41N5O8S. The van der Waals surface area contributed by atoms with E-state index in [1.807, 2.05) is 57.2 Å². The molecule has 0 spiro atoms. The summed E-state index contributed by atoms with van der Waals surface area (Å²) < 4.78 is 30.4. The van der Waals surface area contributed by atoms with Gasteiger partial charge in [-0.1, -0.05) is 51.1 Å². The molecule has 0 unspecified atom stereocenters. The monoisotopic (exact) mass is 691 g/mol. The molecule has 0 bridgehead atoms. The van der Waals surface area contributed by atoms with Gasteiger partial charge in [-0.15, -0.1) is 0 Å². The van der Waals surface area contributed by atoms with Crippen molar-refractivity contribution in [1.82, 2.24) is 10.2 Å². The third-order valence-corrected chi connectivity index (χ3v) is 9.21. The number of benzene rings is 3. The van der Waals surface area contributed by atoms with E-state index in [9.17, 15) is 38.0 Å². The molecule has 0 aliphatic carbocycles. The number of anilines is 2. The van der Waals surface area contributed by atoms with E-state index in [1.165, 1.54) is 44.2 Å². The highest BCUT2D eigenvalue weighted by Gasteiger charge is 2.44. The zero-order valence-corrected chi connectivity index (χ0v) is 29.4. The number of carboxylic acid groups (broad SMARTS) is 1. The molecule has 0 saturated heterocycles. The van der Waals surface area contributed by atoms with E-state index in [0.29, 0.717) is 11.3 Å². The number of hydrogen-bond donors (Lipinski definition) is 2. The van der Waals surface area contributed by atoms with Crippen LogP contribution in [0.4, 0.5) is 16.2 Å². The van der Waals surface area contributed by atoms with Crippen molar-refractivity contribution in [3.05, 3.63) is 65.7 Å². The zero-order chi connectivity index (χ0) is 36.4. The topological polar surface area (TPSA) is 177 Å². The van der Waals surface area contributed by atoms with Crippen molar-refractivity contribution in [2.24, 2.45) is 5.41 Å². The van der Waals surface area contributed by atoms with E-state index in [2.05, 4.69) is 5.32 Å². The first kappa shape index (κ1) is 36.7. The number of sulfone groups is 1. The van der Waals surface area contributed by atoms with Crippen molar-refractivity contribution in [2.45, 2.75) is 58.8 Å². The van der Waals surface area contributed by atoms with Crippen molar-refractivity contribution in [3.63, 3.8) is 0 Å². The normalized spacial score (nSPS) is 17.1. The summed E-state index contributed by atoms with van der Waals surface area (Å²) in [5, 5.41) is 24.0. The summed E-state index contributed by atoms with van der Waals surface area (Å²) in [5.41, 5.74) is 0.559. The molecule has 3 aromatic carbocycles. The summed E-state index contributed by atoms with van der Waals surface area (Å²) in [6.45, 7) is 6.92. The number of nitrogens with zero attached hydrogens (tertiary/aromatic N) is 4. The number of rotatable bonds is 9. The van der Waals surface area contributed by atoms with Gasteiger partial charge < -0.3 is 25.0 Å². The second kappa shape index (κ2) is 14.1. The number of carbonyl (C=O) groups excluding carboxylic acids is 3. The summed E-state index contributed by atoms with van der Waals surface area (Å²) in [7, 11) is -1.10. The van der Waals surface area contributed by atoms with E-state index in [1.54, 1.807) is 6.07 Å². The van der Waals surface area contributed by atoms with Crippen LogP contribution in [0.5, 0.6) is 5.75 Å². The number of carbonyl (C=O) groups is 4. The van der Waals surface area contributed by atoms with Gasteiger partial charge in [-0.05, 0) is 53.8 Å². The zero-order valence-electron chi connectivity index (χ0n) is 28.6. The van der Waals surface area contributed by atoms with Gasteiger partial charge in [0, 0.05) is 18.9 Å². The van der Waals surface area contributed by atoms with Crippen LogP contribution in [-0.4, -0.2) is 86.5 Å². The predicted molar refractivity (Wildman–Crippen MR) is 185 cm³/mol. The van der Waals surface area contributed by atoms with Gasteiger partial charge in [0.1, 0.15) is 23.6 Å². The summed E-state index contributed by atoms with van der Waals surface area (Å²) in [4.78, 5) is 58.1. The Kier molecular flexibility index (Phi) is 10.6. The minimum atomic E-state index is -3.86. The molecule has 0 saturated carbocycles. The average Bonchev–Trinajstić information content (AvgIpc) is 3.10. The molecule has 3 atom stereocenters. The highest BCUT2D eigenvalue weighted by molar-refractivity contribution is 7.91. The molecule has 4 amide bonds. The maximum atomic E-state index is 14.8. The Morgan fingerprint density at radius 3 is 2.37 bits per heavy atom. The Hall–Kier alpha value is -5.16. The summed E-state index contributed by atoms with van der Waals surface area (Å²) in [6, 6.07) is 13.7. The van der Waals surface area contributed by atoms with Crippen LogP contribution < -0.4 is 19.9 Å². The number of nitriles is 1. The van der Waals surface area contributed by atoms with Crippen LogP contribution in [0.3, 0.4) is 0 Å². The van der Waals surface area contributed by atoms with Crippen LogP contribution in [0.1, 0.15) is 45.2 Å². The van der Waals surface area contributed by atoms with E-state index >= 15 is 0 Å². The van der Waals surface area contributed by atoms with Gasteiger partial charge >= 0.3 is 6.09 Å². The summed E-state index contributed by atoms with van der Waals surface area (Å²) in [5.74, 6) is -2.74. The van der Waals surface area contributed by atoms with Crippen molar-refractivity contribution in [3.8, 4) is 11.8 Å². The quantitative estimate of drug-likeness (QED) is 0.337. The molecule has 1 aliphatic heterocycles. The molecule has 1 aliphatic rings. The maximum Gasteiger partial charge on any atom is 0.407 e. The molecule has 0 radical (unpaired) electrons. The third-order valence-electron chi connectivity index (χ3n) is 8.44. The van der Waals surface area contributed by atoms with Crippen LogP contribution >= 0.6 is 0 Å². The Morgan fingerprint density at radius 1 is 1.10 bits per heavy atom. The molecule has 0 aromatic heterocycles. The number of likely N-dealkylation sites (N-methyl/N-ethyl adjacent to an activating group) is 1. The van der Waals surface area contributed by atoms with Crippen molar-refractivity contribution >= 4 is 55.8 Å². The molecule has 14 heteroatoms. The largest absolute Gasteiger partial charge is 0.496 e. The van der Waals surface area contributed by atoms with Crippen LogP contribution in [0.15, 0.2) is 54.6 Å². The van der Waals surface area contributed by atoms with E-state index in [4.69, 9.17) is 4.74 Å². The minimum absolute atomic E-state index is 0.0957. The lowest BCUT2D eigenvalue weighted by Crippen LogP contribution is -2.61. The van der Waals surface area contributed by atoms with Gasteiger partial charge in [0.2, 0.25) is 11.8 Å². The van der Waals surface area contributed by atoms with E-state index in [-0.39, 0.29) is 29.9 Å². The molecule has 2 N–H and O–H groups in total. The van der Waals surface area contributed by atoms with Gasteiger partial charge in [0.25, 0.3) is 5.91 Å². The molecule has 13 nitrogen and oxygen atoms in total. The first-order chi connectivity index (χ1) is 22.9. The van der Waals surface area contributed by atoms with Crippen LogP contribution in [0.25, 0.3) is 10.8 Å². The Balaban J connectivity index is 1.96. The lowest BCUT2D eigenvalue weighted by Gasteiger charge is -2.35. The van der Waals surface area contributed by atoms with Crippen molar-refractivity contribution in [1.29, 1.82) is 5.26 Å². The third kappa shape index (κ3) is 8.11. The Bertz CT molecular complexity index is 1950. The second-order valence-electron chi connectivity index (χ2n) is 13.4. The lowest BCUT2D eigenvalue weighted by molar-refractivity contribution is -0.131. The fraction of sp³-hybridized carbons (Fsp3) is 0.400. The molecule has 4 rings (SSSR count). The number of hydrogen-bond acceptors (Lipinski definition) is 8. The molecular weight excluding hydrogens is 650 g/mol. The standard InChI is InChI=1S/C35H41N5O8S/c1-21-31(37-32(42)28(17-35(2,3)4)38(5)34(44)45)33(43)39(19-25-24-11-9-8-10-23(24)13-15-29(25)48-6)26-14-12-22(18-36)16-27(26)40(21)30(41)20-49(7,46)47/h8-16,21,28,31H,17,19-20H2,1-7H3,(H,37,42)(H,44,45)/t21-,28-,31-/m0/s1. The average molecular weight is 692 g/mol. The highest BCUT2D eigenvalue weighted by Crippen LogP contribution is 2.39. The number of amides is 4. The van der Waals surface area contributed by atoms with Crippen LogP contribution in [0, 0.1) is 16.7 Å². The predicted octanol–water partition coefficient (Wildman–Crippen LogP) is 3.93. The van der Waals surface area contributed by atoms with Gasteiger partial charge in [0.15, 0.2) is 9.84 Å².